The topological polar surface area (TPSA) is 68.3 Å². The number of thiazole rings is 1. The van der Waals surface area contributed by atoms with Crippen molar-refractivity contribution >= 4 is 23.2 Å². The SMILES string of the molecule is Cc1nc(-c2ccccc2)sc1C(=O)O[C@H](C)C(=O)N[C@H]1CCCC[C@@H]1C. The van der Waals surface area contributed by atoms with Crippen LogP contribution in [0.4, 0.5) is 0 Å². The van der Waals surface area contributed by atoms with Crippen LogP contribution in [0, 0.1) is 12.8 Å². The fourth-order valence-electron chi connectivity index (χ4n) is 3.39. The van der Waals surface area contributed by atoms with Gasteiger partial charge >= 0.3 is 5.97 Å². The molecule has 3 atom stereocenters. The molecule has 0 bridgehead atoms. The van der Waals surface area contributed by atoms with Crippen LogP contribution >= 0.6 is 11.3 Å². The molecule has 1 aliphatic carbocycles. The second-order valence-corrected chi connectivity index (χ2v) is 8.22. The summed E-state index contributed by atoms with van der Waals surface area (Å²) < 4.78 is 5.42. The summed E-state index contributed by atoms with van der Waals surface area (Å²) >= 11 is 1.29. The highest BCUT2D eigenvalue weighted by Crippen LogP contribution is 2.28. The largest absolute Gasteiger partial charge is 0.448 e. The van der Waals surface area contributed by atoms with Crippen LogP contribution in [-0.4, -0.2) is 29.0 Å². The zero-order chi connectivity index (χ0) is 19.4. The van der Waals surface area contributed by atoms with Crippen molar-refractivity contribution in [1.29, 1.82) is 0 Å². The van der Waals surface area contributed by atoms with E-state index in [0.717, 1.165) is 29.8 Å². The van der Waals surface area contributed by atoms with Crippen LogP contribution in [0.2, 0.25) is 0 Å². The van der Waals surface area contributed by atoms with Gasteiger partial charge in [0.15, 0.2) is 6.10 Å². The Morgan fingerprint density at radius 3 is 2.63 bits per heavy atom. The van der Waals surface area contributed by atoms with E-state index in [1.165, 1.54) is 17.8 Å². The summed E-state index contributed by atoms with van der Waals surface area (Å²) in [5.41, 5.74) is 1.58. The second kappa shape index (κ2) is 8.65. The quantitative estimate of drug-likeness (QED) is 0.775. The minimum Gasteiger partial charge on any atom is -0.448 e. The van der Waals surface area contributed by atoms with Gasteiger partial charge in [0.1, 0.15) is 9.88 Å². The number of aryl methyl sites for hydroxylation is 1. The lowest BCUT2D eigenvalue weighted by molar-refractivity contribution is -0.130. The number of carbonyl (C=O) groups is 2. The molecule has 1 heterocycles. The van der Waals surface area contributed by atoms with Gasteiger partial charge in [-0.25, -0.2) is 9.78 Å². The van der Waals surface area contributed by atoms with Gasteiger partial charge in [0.2, 0.25) is 0 Å². The van der Waals surface area contributed by atoms with E-state index in [1.54, 1.807) is 13.8 Å². The van der Waals surface area contributed by atoms with Crippen molar-refractivity contribution in [3.05, 3.63) is 40.9 Å². The van der Waals surface area contributed by atoms with Crippen molar-refractivity contribution in [2.45, 2.75) is 58.6 Å². The van der Waals surface area contributed by atoms with E-state index >= 15 is 0 Å². The number of carbonyl (C=O) groups excluding carboxylic acids is 2. The number of esters is 1. The Labute approximate surface area is 164 Å². The first-order valence-corrected chi connectivity index (χ1v) is 10.3. The number of nitrogens with zero attached hydrogens (tertiary/aromatic N) is 1. The molecule has 2 aromatic rings. The number of hydrogen-bond donors (Lipinski definition) is 1. The lowest BCUT2D eigenvalue weighted by atomic mass is 9.86. The minimum absolute atomic E-state index is 0.169. The van der Waals surface area contributed by atoms with Crippen molar-refractivity contribution in [3.63, 3.8) is 0 Å². The van der Waals surface area contributed by atoms with Gasteiger partial charge in [-0.1, -0.05) is 50.1 Å². The van der Waals surface area contributed by atoms with Crippen molar-refractivity contribution < 1.29 is 14.3 Å². The van der Waals surface area contributed by atoms with E-state index in [4.69, 9.17) is 4.74 Å². The Hall–Kier alpha value is -2.21. The summed E-state index contributed by atoms with van der Waals surface area (Å²) in [4.78, 5) is 29.9. The Morgan fingerprint density at radius 1 is 1.22 bits per heavy atom. The predicted octanol–water partition coefficient (Wildman–Crippen LogP) is 4.36. The fraction of sp³-hybridized carbons (Fsp3) is 0.476. The molecule has 6 heteroatoms. The summed E-state index contributed by atoms with van der Waals surface area (Å²) in [5, 5.41) is 3.81. The van der Waals surface area contributed by atoms with Crippen molar-refractivity contribution in [3.8, 4) is 10.6 Å². The number of nitrogens with one attached hydrogen (secondary N) is 1. The highest BCUT2D eigenvalue weighted by molar-refractivity contribution is 7.17. The van der Waals surface area contributed by atoms with E-state index in [9.17, 15) is 9.59 Å². The molecule has 27 heavy (non-hydrogen) atoms. The number of aromatic nitrogens is 1. The molecule has 3 rings (SSSR count). The second-order valence-electron chi connectivity index (χ2n) is 7.22. The average Bonchev–Trinajstić information content (AvgIpc) is 3.06. The molecular weight excluding hydrogens is 360 g/mol. The van der Waals surface area contributed by atoms with Crippen LogP contribution in [0.5, 0.6) is 0 Å². The van der Waals surface area contributed by atoms with E-state index in [-0.39, 0.29) is 11.9 Å². The average molecular weight is 387 g/mol. The molecule has 0 spiro atoms. The van der Waals surface area contributed by atoms with Gasteiger partial charge in [-0.2, -0.15) is 0 Å². The lowest BCUT2D eigenvalue weighted by Crippen LogP contribution is -2.45. The van der Waals surface area contributed by atoms with E-state index in [1.807, 2.05) is 30.3 Å². The summed E-state index contributed by atoms with van der Waals surface area (Å²) in [6, 6.07) is 9.88. The van der Waals surface area contributed by atoms with Gasteiger partial charge in [0, 0.05) is 11.6 Å². The smallest absolute Gasteiger partial charge is 0.351 e. The zero-order valence-electron chi connectivity index (χ0n) is 16.0. The number of rotatable bonds is 5. The maximum Gasteiger partial charge on any atom is 0.351 e. The first-order chi connectivity index (χ1) is 13.0. The maximum atomic E-state index is 12.5. The van der Waals surface area contributed by atoms with Gasteiger partial charge in [0.05, 0.1) is 5.69 Å². The number of ether oxygens (including phenoxy) is 1. The van der Waals surface area contributed by atoms with Crippen LogP contribution < -0.4 is 5.32 Å². The molecule has 1 aliphatic rings. The number of benzene rings is 1. The van der Waals surface area contributed by atoms with Crippen LogP contribution in [0.3, 0.4) is 0 Å². The third-order valence-corrected chi connectivity index (χ3v) is 6.28. The van der Waals surface area contributed by atoms with Crippen LogP contribution in [-0.2, 0) is 9.53 Å². The zero-order valence-corrected chi connectivity index (χ0v) is 16.8. The normalized spacial score (nSPS) is 20.7. The Kier molecular flexibility index (Phi) is 6.26. The third kappa shape index (κ3) is 4.75. The third-order valence-electron chi connectivity index (χ3n) is 5.09. The Morgan fingerprint density at radius 2 is 1.93 bits per heavy atom. The Bertz CT molecular complexity index is 803. The summed E-state index contributed by atoms with van der Waals surface area (Å²) in [7, 11) is 0. The molecular formula is C21H26N2O3S. The molecule has 1 aromatic heterocycles. The highest BCUT2D eigenvalue weighted by atomic mass is 32.1. The van der Waals surface area contributed by atoms with Crippen LogP contribution in [0.1, 0.15) is 54.9 Å². The first kappa shape index (κ1) is 19.5. The van der Waals surface area contributed by atoms with Gasteiger partial charge in [-0.05, 0) is 32.6 Å². The fourth-order valence-corrected chi connectivity index (χ4v) is 4.34. The molecule has 0 aliphatic heterocycles. The molecule has 5 nitrogen and oxygen atoms in total. The van der Waals surface area contributed by atoms with Gasteiger partial charge in [-0.15, -0.1) is 11.3 Å². The minimum atomic E-state index is -0.826. The molecule has 1 N–H and O–H groups in total. The van der Waals surface area contributed by atoms with Gasteiger partial charge in [-0.3, -0.25) is 4.79 Å². The molecule has 1 saturated carbocycles. The lowest BCUT2D eigenvalue weighted by Gasteiger charge is -2.30. The predicted molar refractivity (Wildman–Crippen MR) is 107 cm³/mol. The highest BCUT2D eigenvalue weighted by Gasteiger charge is 2.27. The van der Waals surface area contributed by atoms with Crippen LogP contribution in [0.15, 0.2) is 30.3 Å². The van der Waals surface area contributed by atoms with Crippen molar-refractivity contribution in [2.75, 3.05) is 0 Å². The maximum absolute atomic E-state index is 12.5. The molecule has 0 unspecified atom stereocenters. The molecule has 1 fully saturated rings. The van der Waals surface area contributed by atoms with Gasteiger partial charge in [0.25, 0.3) is 5.91 Å². The molecule has 1 aromatic carbocycles. The molecule has 0 saturated heterocycles. The standard InChI is InChI=1S/C21H26N2O3S/c1-13-9-7-8-12-17(13)23-19(24)15(3)26-21(25)18-14(2)22-20(27-18)16-10-5-4-6-11-16/h4-6,10-11,13,15,17H,7-9,12H2,1-3H3,(H,23,24)/t13-,15+,17-/m0/s1. The molecule has 1 amide bonds. The van der Waals surface area contributed by atoms with Crippen molar-refractivity contribution in [1.82, 2.24) is 10.3 Å². The van der Waals surface area contributed by atoms with Crippen LogP contribution in [0.25, 0.3) is 10.6 Å². The van der Waals surface area contributed by atoms with E-state index in [2.05, 4.69) is 17.2 Å². The molecule has 144 valence electrons. The molecule has 0 radical (unpaired) electrons. The summed E-state index contributed by atoms with van der Waals surface area (Å²) in [6.07, 6.45) is 3.63. The monoisotopic (exact) mass is 386 g/mol. The van der Waals surface area contributed by atoms with Gasteiger partial charge < -0.3 is 10.1 Å². The number of amides is 1. The van der Waals surface area contributed by atoms with E-state index < -0.39 is 12.1 Å². The first-order valence-electron chi connectivity index (χ1n) is 9.50. The Balaban J connectivity index is 1.63. The number of hydrogen-bond acceptors (Lipinski definition) is 5. The van der Waals surface area contributed by atoms with E-state index in [0.29, 0.717) is 16.5 Å². The summed E-state index contributed by atoms with van der Waals surface area (Å²) in [5.74, 6) is -0.262. The summed E-state index contributed by atoms with van der Waals surface area (Å²) in [6.45, 7) is 5.57. The van der Waals surface area contributed by atoms with Crippen molar-refractivity contribution in [2.24, 2.45) is 5.92 Å².